The average Bonchev–Trinajstić information content (AvgIpc) is 2.57. The van der Waals surface area contributed by atoms with Crippen molar-refractivity contribution >= 4 is 6.29 Å². The topological polar surface area (TPSA) is 39.2 Å². The summed E-state index contributed by atoms with van der Waals surface area (Å²) < 4.78 is 5.64. The molecule has 0 saturated heterocycles. The van der Waals surface area contributed by atoms with E-state index in [4.69, 9.17) is 4.74 Å². The number of benzene rings is 2. The molecule has 0 bridgehead atoms. The Kier molecular flexibility index (Phi) is 3.74. The molecule has 0 aliphatic carbocycles. The minimum atomic E-state index is 0.466. The van der Waals surface area contributed by atoms with Crippen molar-refractivity contribution in [3.8, 4) is 22.8 Å². The van der Waals surface area contributed by atoms with Crippen LogP contribution in [0.15, 0.2) is 72.9 Å². The fourth-order valence-corrected chi connectivity index (χ4v) is 1.99. The number of pyridine rings is 1. The van der Waals surface area contributed by atoms with E-state index >= 15 is 0 Å². The van der Waals surface area contributed by atoms with Crippen LogP contribution in [0, 0.1) is 0 Å². The molecule has 3 rings (SSSR count). The van der Waals surface area contributed by atoms with E-state index < -0.39 is 0 Å². The van der Waals surface area contributed by atoms with Crippen molar-refractivity contribution in [3.63, 3.8) is 0 Å². The lowest BCUT2D eigenvalue weighted by Crippen LogP contribution is -1.89. The van der Waals surface area contributed by atoms with Crippen molar-refractivity contribution in [2.75, 3.05) is 0 Å². The Balaban J connectivity index is 1.76. The summed E-state index contributed by atoms with van der Waals surface area (Å²) in [6.07, 6.45) is 2.24. The SMILES string of the molecule is O=Cc1ccc(Oc2ccc(-c3ccccc3)cc2)nc1. The molecule has 2 aromatic carbocycles. The predicted octanol–water partition coefficient (Wildman–Crippen LogP) is 4.35. The molecule has 0 aliphatic heterocycles. The zero-order chi connectivity index (χ0) is 14.5. The zero-order valence-corrected chi connectivity index (χ0v) is 11.3. The number of nitrogens with zero attached hydrogens (tertiary/aromatic N) is 1. The van der Waals surface area contributed by atoms with E-state index in [2.05, 4.69) is 17.1 Å². The number of rotatable bonds is 4. The normalized spacial score (nSPS) is 10.1. The Labute approximate surface area is 122 Å². The number of aromatic nitrogens is 1. The van der Waals surface area contributed by atoms with Crippen LogP contribution in [-0.4, -0.2) is 11.3 Å². The third-order valence-electron chi connectivity index (χ3n) is 3.08. The smallest absolute Gasteiger partial charge is 0.219 e. The summed E-state index contributed by atoms with van der Waals surface area (Å²) in [6.45, 7) is 0. The monoisotopic (exact) mass is 275 g/mol. The van der Waals surface area contributed by atoms with Crippen molar-refractivity contribution in [3.05, 3.63) is 78.5 Å². The second-order valence-electron chi connectivity index (χ2n) is 4.54. The molecule has 3 nitrogen and oxygen atoms in total. The lowest BCUT2D eigenvalue weighted by Gasteiger charge is -2.06. The average molecular weight is 275 g/mol. The van der Waals surface area contributed by atoms with Gasteiger partial charge in [-0.1, -0.05) is 42.5 Å². The van der Waals surface area contributed by atoms with Crippen LogP contribution in [0.2, 0.25) is 0 Å². The fourth-order valence-electron chi connectivity index (χ4n) is 1.99. The maximum atomic E-state index is 10.6. The molecule has 0 N–H and O–H groups in total. The van der Waals surface area contributed by atoms with Gasteiger partial charge in [0.25, 0.3) is 0 Å². The summed E-state index contributed by atoms with van der Waals surface area (Å²) in [7, 11) is 0. The van der Waals surface area contributed by atoms with E-state index in [9.17, 15) is 4.79 Å². The Hall–Kier alpha value is -2.94. The van der Waals surface area contributed by atoms with Gasteiger partial charge in [0.1, 0.15) is 5.75 Å². The Morgan fingerprint density at radius 3 is 2.14 bits per heavy atom. The highest BCUT2D eigenvalue weighted by Gasteiger charge is 2.01. The van der Waals surface area contributed by atoms with Gasteiger partial charge in [-0.3, -0.25) is 4.79 Å². The summed E-state index contributed by atoms with van der Waals surface area (Å²) in [5.41, 5.74) is 2.83. The summed E-state index contributed by atoms with van der Waals surface area (Å²) in [5, 5.41) is 0. The van der Waals surface area contributed by atoms with Crippen LogP contribution in [-0.2, 0) is 0 Å². The molecule has 0 radical (unpaired) electrons. The summed E-state index contributed by atoms with van der Waals surface area (Å²) in [6, 6.07) is 21.3. The van der Waals surface area contributed by atoms with Crippen molar-refractivity contribution in [2.45, 2.75) is 0 Å². The van der Waals surface area contributed by atoms with Crippen LogP contribution in [0.25, 0.3) is 11.1 Å². The quantitative estimate of drug-likeness (QED) is 0.664. The molecule has 1 heterocycles. The Morgan fingerprint density at radius 2 is 1.52 bits per heavy atom. The molecule has 3 heteroatoms. The third-order valence-corrected chi connectivity index (χ3v) is 3.08. The number of hydrogen-bond donors (Lipinski definition) is 0. The van der Waals surface area contributed by atoms with Crippen LogP contribution in [0.4, 0.5) is 0 Å². The van der Waals surface area contributed by atoms with Gasteiger partial charge in [0, 0.05) is 17.8 Å². The second-order valence-corrected chi connectivity index (χ2v) is 4.54. The standard InChI is InChI=1S/C18H13NO2/c20-13-14-6-11-18(19-12-14)21-17-9-7-16(8-10-17)15-4-2-1-3-5-15/h1-13H. The fraction of sp³-hybridized carbons (Fsp3) is 0. The van der Waals surface area contributed by atoms with Gasteiger partial charge in [0.15, 0.2) is 6.29 Å². The number of ether oxygens (including phenoxy) is 1. The zero-order valence-electron chi connectivity index (χ0n) is 11.3. The summed E-state index contributed by atoms with van der Waals surface area (Å²) in [5.74, 6) is 1.18. The van der Waals surface area contributed by atoms with Crippen LogP contribution >= 0.6 is 0 Å². The van der Waals surface area contributed by atoms with Gasteiger partial charge in [-0.05, 0) is 29.3 Å². The highest BCUT2D eigenvalue weighted by molar-refractivity contribution is 5.74. The molecule has 0 saturated carbocycles. The first-order valence-electron chi connectivity index (χ1n) is 6.60. The van der Waals surface area contributed by atoms with Gasteiger partial charge in [0.05, 0.1) is 0 Å². The summed E-state index contributed by atoms with van der Waals surface area (Å²) >= 11 is 0. The first-order valence-corrected chi connectivity index (χ1v) is 6.60. The molecular formula is C18H13NO2. The van der Waals surface area contributed by atoms with Gasteiger partial charge in [0.2, 0.25) is 5.88 Å². The largest absolute Gasteiger partial charge is 0.439 e. The number of hydrogen-bond acceptors (Lipinski definition) is 3. The van der Waals surface area contributed by atoms with Crippen molar-refractivity contribution in [1.82, 2.24) is 4.98 Å². The van der Waals surface area contributed by atoms with Crippen LogP contribution in [0.3, 0.4) is 0 Å². The molecular weight excluding hydrogens is 262 g/mol. The van der Waals surface area contributed by atoms with E-state index in [1.54, 1.807) is 12.1 Å². The van der Waals surface area contributed by atoms with Crippen molar-refractivity contribution < 1.29 is 9.53 Å². The van der Waals surface area contributed by atoms with Crippen LogP contribution in [0.5, 0.6) is 11.6 Å². The maximum Gasteiger partial charge on any atom is 0.219 e. The molecule has 0 spiro atoms. The highest BCUT2D eigenvalue weighted by atomic mass is 16.5. The van der Waals surface area contributed by atoms with E-state index in [-0.39, 0.29) is 0 Å². The maximum absolute atomic E-state index is 10.6. The lowest BCUT2D eigenvalue weighted by atomic mass is 10.1. The third kappa shape index (κ3) is 3.15. The molecule has 1 aromatic heterocycles. The van der Waals surface area contributed by atoms with Crippen molar-refractivity contribution in [2.24, 2.45) is 0 Å². The molecule has 0 fully saturated rings. The van der Waals surface area contributed by atoms with Gasteiger partial charge < -0.3 is 4.74 Å². The molecule has 0 amide bonds. The predicted molar refractivity (Wildman–Crippen MR) is 81.6 cm³/mol. The molecule has 0 aliphatic rings. The van der Waals surface area contributed by atoms with E-state index in [1.165, 1.54) is 6.20 Å². The number of carbonyl (C=O) groups excluding carboxylic acids is 1. The van der Waals surface area contributed by atoms with Crippen LogP contribution < -0.4 is 4.74 Å². The lowest BCUT2D eigenvalue weighted by molar-refractivity contribution is 0.112. The molecule has 102 valence electrons. The van der Waals surface area contributed by atoms with E-state index in [1.807, 2.05) is 42.5 Å². The minimum absolute atomic E-state index is 0.466. The van der Waals surface area contributed by atoms with Gasteiger partial charge in [-0.15, -0.1) is 0 Å². The number of aldehydes is 1. The highest BCUT2D eigenvalue weighted by Crippen LogP contribution is 2.24. The van der Waals surface area contributed by atoms with Gasteiger partial charge in [-0.25, -0.2) is 4.98 Å². The summed E-state index contributed by atoms with van der Waals surface area (Å²) in [4.78, 5) is 14.6. The first-order chi connectivity index (χ1) is 10.3. The Bertz CT molecular complexity index is 719. The first kappa shape index (κ1) is 13.1. The molecule has 0 unspecified atom stereocenters. The molecule has 3 aromatic rings. The second kappa shape index (κ2) is 6.01. The van der Waals surface area contributed by atoms with Crippen LogP contribution in [0.1, 0.15) is 10.4 Å². The van der Waals surface area contributed by atoms with Gasteiger partial charge in [-0.2, -0.15) is 0 Å². The van der Waals surface area contributed by atoms with E-state index in [0.717, 1.165) is 17.4 Å². The number of carbonyl (C=O) groups is 1. The minimum Gasteiger partial charge on any atom is -0.439 e. The van der Waals surface area contributed by atoms with Gasteiger partial charge >= 0.3 is 0 Å². The van der Waals surface area contributed by atoms with E-state index in [0.29, 0.717) is 17.2 Å². The molecule has 21 heavy (non-hydrogen) atoms. The molecule has 0 atom stereocenters. The Morgan fingerprint density at radius 1 is 0.810 bits per heavy atom. The van der Waals surface area contributed by atoms with Crippen molar-refractivity contribution in [1.29, 1.82) is 0 Å².